The molecule has 1 aliphatic heterocycles. The number of methoxy groups -OCH3 is 1. The van der Waals surface area contributed by atoms with Crippen LogP contribution in [0.1, 0.15) is 32.4 Å². The number of ether oxygens (including phenoxy) is 3. The highest BCUT2D eigenvalue weighted by molar-refractivity contribution is 5.94. The van der Waals surface area contributed by atoms with E-state index in [0.717, 1.165) is 16.6 Å². The van der Waals surface area contributed by atoms with Crippen LogP contribution in [0.3, 0.4) is 0 Å². The molecule has 1 aromatic heterocycles. The number of rotatable bonds is 6. The monoisotopic (exact) mass is 407 g/mol. The first-order valence-corrected chi connectivity index (χ1v) is 10.0. The van der Waals surface area contributed by atoms with Crippen molar-refractivity contribution in [2.45, 2.75) is 26.8 Å². The second-order valence-corrected chi connectivity index (χ2v) is 6.92. The molecule has 0 bridgehead atoms. The molecule has 0 radical (unpaired) electrons. The van der Waals surface area contributed by atoms with Crippen LogP contribution >= 0.6 is 0 Å². The summed E-state index contributed by atoms with van der Waals surface area (Å²) in [7, 11) is 1.39. The van der Waals surface area contributed by atoms with Gasteiger partial charge in [-0.05, 0) is 50.6 Å². The molecular formula is C23H25N3O4. The highest BCUT2D eigenvalue weighted by Crippen LogP contribution is 2.41. The maximum atomic E-state index is 12.8. The third-order valence-corrected chi connectivity index (χ3v) is 5.12. The molecule has 1 unspecified atom stereocenters. The molecule has 0 aliphatic carbocycles. The Balaban J connectivity index is 1.95. The van der Waals surface area contributed by atoms with Gasteiger partial charge in [-0.3, -0.25) is 4.57 Å². The number of hydrogen-bond acceptors (Lipinski definition) is 6. The maximum absolute atomic E-state index is 12.8. The van der Waals surface area contributed by atoms with Gasteiger partial charge in [-0.2, -0.15) is 0 Å². The van der Waals surface area contributed by atoms with E-state index in [2.05, 4.69) is 5.32 Å². The quantitative estimate of drug-likeness (QED) is 0.614. The SMILES string of the molecule is CCOc1ccc(C2C(C(=O)OC)=C(C)Nc3nc4ccccc4n32)cc1OCC. The number of carbonyl (C=O) groups excluding carboxylic acids is 1. The van der Waals surface area contributed by atoms with Crippen LogP contribution in [-0.4, -0.2) is 35.8 Å². The number of esters is 1. The minimum absolute atomic E-state index is 0.389. The van der Waals surface area contributed by atoms with Crippen LogP contribution in [0.2, 0.25) is 0 Å². The molecule has 1 aliphatic rings. The molecule has 2 aromatic carbocycles. The molecule has 1 N–H and O–H groups in total. The molecule has 0 spiro atoms. The zero-order chi connectivity index (χ0) is 21.3. The fourth-order valence-electron chi connectivity index (χ4n) is 3.89. The predicted octanol–water partition coefficient (Wildman–Crippen LogP) is 4.30. The number of nitrogens with one attached hydrogen (secondary N) is 1. The second kappa shape index (κ2) is 8.10. The molecule has 0 fully saturated rings. The molecule has 4 rings (SSSR count). The number of benzene rings is 2. The van der Waals surface area contributed by atoms with Gasteiger partial charge >= 0.3 is 5.97 Å². The standard InChI is InChI=1S/C23H25N3O4/c1-5-29-18-12-11-15(13-19(18)30-6-2)21-20(22(27)28-4)14(3)24-23-25-16-9-7-8-10-17(16)26(21)23/h7-13,21H,5-6H2,1-4H3,(H,24,25). The summed E-state index contributed by atoms with van der Waals surface area (Å²) in [5, 5.41) is 3.26. The number of para-hydroxylation sites is 2. The first-order valence-electron chi connectivity index (χ1n) is 10.0. The zero-order valence-corrected chi connectivity index (χ0v) is 17.6. The van der Waals surface area contributed by atoms with Gasteiger partial charge in [-0.15, -0.1) is 0 Å². The van der Waals surface area contributed by atoms with Gasteiger partial charge in [0.05, 0.1) is 43.0 Å². The number of allylic oxidation sites excluding steroid dienone is 1. The van der Waals surface area contributed by atoms with Crippen LogP contribution in [0.25, 0.3) is 11.0 Å². The van der Waals surface area contributed by atoms with Crippen molar-refractivity contribution in [2.24, 2.45) is 0 Å². The number of fused-ring (bicyclic) bond motifs is 3. The zero-order valence-electron chi connectivity index (χ0n) is 17.6. The topological polar surface area (TPSA) is 74.6 Å². The number of hydrogen-bond donors (Lipinski definition) is 1. The number of aromatic nitrogens is 2. The summed E-state index contributed by atoms with van der Waals surface area (Å²) in [6.45, 7) is 6.77. The Bertz CT molecular complexity index is 1130. The lowest BCUT2D eigenvalue weighted by molar-refractivity contribution is -0.136. The molecule has 0 saturated heterocycles. The molecular weight excluding hydrogens is 382 g/mol. The average Bonchev–Trinajstić information content (AvgIpc) is 3.11. The van der Waals surface area contributed by atoms with E-state index < -0.39 is 6.04 Å². The van der Waals surface area contributed by atoms with Crippen molar-refractivity contribution >= 4 is 23.0 Å². The third-order valence-electron chi connectivity index (χ3n) is 5.12. The molecule has 156 valence electrons. The average molecular weight is 407 g/mol. The Morgan fingerprint density at radius 1 is 1.10 bits per heavy atom. The third kappa shape index (κ3) is 3.26. The van der Waals surface area contributed by atoms with Crippen molar-refractivity contribution in [3.05, 3.63) is 59.3 Å². The Morgan fingerprint density at radius 3 is 2.57 bits per heavy atom. The highest BCUT2D eigenvalue weighted by atomic mass is 16.5. The molecule has 7 nitrogen and oxygen atoms in total. The molecule has 2 heterocycles. The van der Waals surface area contributed by atoms with Gasteiger partial charge in [-0.1, -0.05) is 18.2 Å². The summed E-state index contributed by atoms with van der Waals surface area (Å²) in [5.41, 5.74) is 3.89. The number of carbonyl (C=O) groups is 1. The molecule has 7 heteroatoms. The fourth-order valence-corrected chi connectivity index (χ4v) is 3.89. The van der Waals surface area contributed by atoms with E-state index in [4.69, 9.17) is 19.2 Å². The Kier molecular flexibility index (Phi) is 5.35. The molecule has 0 amide bonds. The Morgan fingerprint density at radius 2 is 1.83 bits per heavy atom. The van der Waals surface area contributed by atoms with Gasteiger partial charge in [0.15, 0.2) is 11.5 Å². The smallest absolute Gasteiger partial charge is 0.337 e. The van der Waals surface area contributed by atoms with E-state index in [1.807, 2.05) is 67.8 Å². The van der Waals surface area contributed by atoms with Crippen LogP contribution in [-0.2, 0) is 9.53 Å². The van der Waals surface area contributed by atoms with Crippen LogP contribution in [0.5, 0.6) is 11.5 Å². The van der Waals surface area contributed by atoms with Crippen molar-refractivity contribution in [3.8, 4) is 11.5 Å². The summed E-state index contributed by atoms with van der Waals surface area (Å²) < 4.78 is 18.7. The highest BCUT2D eigenvalue weighted by Gasteiger charge is 2.35. The van der Waals surface area contributed by atoms with Crippen molar-refractivity contribution in [3.63, 3.8) is 0 Å². The maximum Gasteiger partial charge on any atom is 0.337 e. The van der Waals surface area contributed by atoms with Crippen LogP contribution in [0.4, 0.5) is 5.95 Å². The largest absolute Gasteiger partial charge is 0.490 e. The molecule has 30 heavy (non-hydrogen) atoms. The van der Waals surface area contributed by atoms with Gasteiger partial charge < -0.3 is 19.5 Å². The lowest BCUT2D eigenvalue weighted by Crippen LogP contribution is -2.28. The lowest BCUT2D eigenvalue weighted by atomic mass is 9.94. The summed E-state index contributed by atoms with van der Waals surface area (Å²) in [6, 6.07) is 13.2. The van der Waals surface area contributed by atoms with E-state index in [1.54, 1.807) is 0 Å². The van der Waals surface area contributed by atoms with E-state index in [-0.39, 0.29) is 5.97 Å². The number of nitrogens with zero attached hydrogens (tertiary/aromatic N) is 2. The van der Waals surface area contributed by atoms with Gasteiger partial charge in [0, 0.05) is 5.70 Å². The van der Waals surface area contributed by atoms with Crippen molar-refractivity contribution in [1.82, 2.24) is 9.55 Å². The Labute approximate surface area is 175 Å². The van der Waals surface area contributed by atoms with Crippen molar-refractivity contribution < 1.29 is 19.0 Å². The van der Waals surface area contributed by atoms with Gasteiger partial charge in [0.1, 0.15) is 0 Å². The van der Waals surface area contributed by atoms with E-state index >= 15 is 0 Å². The van der Waals surface area contributed by atoms with E-state index in [1.165, 1.54) is 7.11 Å². The first-order chi connectivity index (χ1) is 14.6. The lowest BCUT2D eigenvalue weighted by Gasteiger charge is -2.30. The predicted molar refractivity (Wildman–Crippen MR) is 115 cm³/mol. The van der Waals surface area contributed by atoms with Gasteiger partial charge in [-0.25, -0.2) is 9.78 Å². The summed E-state index contributed by atoms with van der Waals surface area (Å²) in [6.07, 6.45) is 0. The fraction of sp³-hybridized carbons (Fsp3) is 0.304. The molecule has 3 aromatic rings. The minimum atomic E-state index is -0.420. The van der Waals surface area contributed by atoms with Crippen LogP contribution in [0, 0.1) is 0 Å². The molecule has 0 saturated carbocycles. The van der Waals surface area contributed by atoms with Crippen LogP contribution in [0.15, 0.2) is 53.7 Å². The first kappa shape index (κ1) is 19.8. The van der Waals surface area contributed by atoms with Crippen molar-refractivity contribution in [1.29, 1.82) is 0 Å². The normalized spacial score (nSPS) is 15.5. The van der Waals surface area contributed by atoms with E-state index in [9.17, 15) is 4.79 Å². The van der Waals surface area contributed by atoms with Gasteiger partial charge in [0.25, 0.3) is 0 Å². The molecule has 1 atom stereocenters. The summed E-state index contributed by atoms with van der Waals surface area (Å²) in [5.74, 6) is 1.61. The summed E-state index contributed by atoms with van der Waals surface area (Å²) >= 11 is 0. The van der Waals surface area contributed by atoms with Crippen molar-refractivity contribution in [2.75, 3.05) is 25.6 Å². The summed E-state index contributed by atoms with van der Waals surface area (Å²) in [4.78, 5) is 17.5. The number of anilines is 1. The van der Waals surface area contributed by atoms with Crippen LogP contribution < -0.4 is 14.8 Å². The number of imidazole rings is 1. The minimum Gasteiger partial charge on any atom is -0.490 e. The Hall–Kier alpha value is -3.48. The van der Waals surface area contributed by atoms with E-state index in [0.29, 0.717) is 41.9 Å². The van der Waals surface area contributed by atoms with Gasteiger partial charge in [0.2, 0.25) is 5.95 Å². The second-order valence-electron chi connectivity index (χ2n) is 6.92.